The first-order valence-corrected chi connectivity index (χ1v) is 7.75. The van der Waals surface area contributed by atoms with Gasteiger partial charge in [-0.2, -0.15) is 0 Å². The van der Waals surface area contributed by atoms with Gasteiger partial charge in [0.25, 0.3) is 5.91 Å². The minimum atomic E-state index is -0.570. The average Bonchev–Trinajstić information content (AvgIpc) is 2.62. The maximum Gasteiger partial charge on any atom is 0.275 e. The van der Waals surface area contributed by atoms with Gasteiger partial charge < -0.3 is 10.6 Å². The van der Waals surface area contributed by atoms with Gasteiger partial charge in [0.15, 0.2) is 0 Å². The zero-order valence-corrected chi connectivity index (χ0v) is 13.0. The van der Waals surface area contributed by atoms with E-state index in [2.05, 4.69) is 20.6 Å². The van der Waals surface area contributed by atoms with Crippen molar-refractivity contribution in [3.8, 4) is 0 Å². The maximum absolute atomic E-state index is 14.2. The molecule has 0 spiro atoms. The lowest BCUT2D eigenvalue weighted by Gasteiger charge is -2.18. The highest BCUT2D eigenvalue weighted by molar-refractivity contribution is 6.04. The van der Waals surface area contributed by atoms with Crippen LogP contribution >= 0.6 is 0 Å². The van der Waals surface area contributed by atoms with E-state index < -0.39 is 11.7 Å². The third-order valence-electron chi connectivity index (χ3n) is 4.02. The number of hydrogen-bond donors (Lipinski definition) is 2. The molecule has 0 unspecified atom stereocenters. The van der Waals surface area contributed by atoms with Gasteiger partial charge in [0.1, 0.15) is 11.5 Å². The van der Waals surface area contributed by atoms with Crippen molar-refractivity contribution < 1.29 is 14.0 Å². The van der Waals surface area contributed by atoms with E-state index in [9.17, 15) is 14.0 Å². The lowest BCUT2D eigenvalue weighted by molar-refractivity contribution is -0.116. The number of halogens is 1. The van der Waals surface area contributed by atoms with E-state index >= 15 is 0 Å². The second-order valence-electron chi connectivity index (χ2n) is 5.74. The third kappa shape index (κ3) is 2.91. The largest absolute Gasteiger partial charge is 0.326 e. The van der Waals surface area contributed by atoms with Crippen LogP contribution in [-0.2, 0) is 11.2 Å². The molecule has 2 N–H and O–H groups in total. The number of fused-ring (bicyclic) bond motifs is 2. The van der Waals surface area contributed by atoms with Gasteiger partial charge in [-0.15, -0.1) is 0 Å². The fraction of sp³-hybridized carbons (Fsp3) is 0.111. The summed E-state index contributed by atoms with van der Waals surface area (Å²) in [5, 5.41) is 5.17. The number of anilines is 2. The van der Waals surface area contributed by atoms with Crippen LogP contribution in [0.4, 0.5) is 15.8 Å². The number of hydrogen-bond acceptors (Lipinski definition) is 4. The molecule has 4 rings (SSSR count). The fourth-order valence-electron chi connectivity index (χ4n) is 2.75. The number of carbonyl (C=O) groups is 2. The number of carbonyl (C=O) groups excluding carboxylic acids is 2. The molecule has 2 aromatic carbocycles. The van der Waals surface area contributed by atoms with Crippen molar-refractivity contribution in [3.63, 3.8) is 0 Å². The van der Waals surface area contributed by atoms with E-state index in [-0.39, 0.29) is 17.3 Å². The Morgan fingerprint density at radius 1 is 1.16 bits per heavy atom. The normalized spacial score (nSPS) is 13.2. The molecule has 25 heavy (non-hydrogen) atoms. The van der Waals surface area contributed by atoms with E-state index in [0.717, 1.165) is 0 Å². The second kappa shape index (κ2) is 5.94. The number of para-hydroxylation sites is 2. The molecule has 1 aliphatic heterocycles. The topological polar surface area (TPSA) is 84.0 Å². The Balaban J connectivity index is 1.63. The number of nitrogens with zero attached hydrogens (tertiary/aromatic N) is 2. The smallest absolute Gasteiger partial charge is 0.275 e. The zero-order valence-electron chi connectivity index (χ0n) is 13.0. The standard InChI is InChI=1S/C18H13FN4O2/c19-11-7-10-5-6-17(24)22-14(10)8-15(11)23-18(25)16-9-20-12-3-1-2-4-13(12)21-16/h1-4,7-9H,5-6H2,(H,22,24)(H,23,25). The number of aromatic nitrogens is 2. The summed E-state index contributed by atoms with van der Waals surface area (Å²) in [4.78, 5) is 32.3. The second-order valence-corrected chi connectivity index (χ2v) is 5.74. The van der Waals surface area contributed by atoms with Crippen LogP contribution in [0.2, 0.25) is 0 Å². The van der Waals surface area contributed by atoms with Gasteiger partial charge >= 0.3 is 0 Å². The van der Waals surface area contributed by atoms with E-state index in [1.54, 1.807) is 18.2 Å². The van der Waals surface area contributed by atoms with Crippen molar-refractivity contribution in [2.45, 2.75) is 12.8 Å². The highest BCUT2D eigenvalue weighted by Gasteiger charge is 2.19. The minimum Gasteiger partial charge on any atom is -0.326 e. The summed E-state index contributed by atoms with van der Waals surface area (Å²) in [5.74, 6) is -1.26. The molecular formula is C18H13FN4O2. The molecule has 0 saturated heterocycles. The van der Waals surface area contributed by atoms with Gasteiger partial charge in [-0.05, 0) is 36.2 Å². The zero-order chi connectivity index (χ0) is 17.4. The number of amides is 2. The first-order chi connectivity index (χ1) is 12.1. The van der Waals surface area contributed by atoms with Crippen molar-refractivity contribution >= 4 is 34.2 Å². The SMILES string of the molecule is O=C1CCc2cc(F)c(NC(=O)c3cnc4ccccc4n3)cc2N1. The van der Waals surface area contributed by atoms with Crippen LogP contribution in [0.3, 0.4) is 0 Å². The lowest BCUT2D eigenvalue weighted by atomic mass is 10.0. The number of nitrogens with one attached hydrogen (secondary N) is 2. The van der Waals surface area contributed by atoms with Gasteiger partial charge in [-0.1, -0.05) is 12.1 Å². The minimum absolute atomic E-state index is 0.0130. The Bertz CT molecular complexity index is 1020. The molecule has 0 radical (unpaired) electrons. The van der Waals surface area contributed by atoms with Crippen LogP contribution in [-0.4, -0.2) is 21.8 Å². The van der Waals surface area contributed by atoms with Crippen LogP contribution in [0.25, 0.3) is 11.0 Å². The molecule has 7 heteroatoms. The molecule has 1 aliphatic rings. The van der Waals surface area contributed by atoms with Crippen LogP contribution < -0.4 is 10.6 Å². The molecule has 0 bridgehead atoms. The molecule has 6 nitrogen and oxygen atoms in total. The summed E-state index contributed by atoms with van der Waals surface area (Å²) in [5.41, 5.74) is 2.54. The van der Waals surface area contributed by atoms with Crippen LogP contribution in [0, 0.1) is 5.82 Å². The third-order valence-corrected chi connectivity index (χ3v) is 4.02. The Morgan fingerprint density at radius 2 is 1.96 bits per heavy atom. The van der Waals surface area contributed by atoms with E-state index in [4.69, 9.17) is 0 Å². The summed E-state index contributed by atoms with van der Waals surface area (Å²) < 4.78 is 14.2. The first-order valence-electron chi connectivity index (χ1n) is 7.75. The number of rotatable bonds is 2. The van der Waals surface area contributed by atoms with Crippen LogP contribution in [0.5, 0.6) is 0 Å². The van der Waals surface area contributed by atoms with Gasteiger partial charge in [0.05, 0.1) is 22.9 Å². The van der Waals surface area contributed by atoms with Crippen molar-refractivity contribution in [2.75, 3.05) is 10.6 Å². The fourth-order valence-corrected chi connectivity index (χ4v) is 2.75. The molecule has 0 fully saturated rings. The summed E-state index contributed by atoms with van der Waals surface area (Å²) >= 11 is 0. The van der Waals surface area contributed by atoms with Crippen LogP contribution in [0.15, 0.2) is 42.6 Å². The Kier molecular flexibility index (Phi) is 3.61. The maximum atomic E-state index is 14.2. The Labute approximate surface area is 142 Å². The van der Waals surface area contributed by atoms with Crippen molar-refractivity contribution in [3.05, 3.63) is 59.7 Å². The van der Waals surface area contributed by atoms with E-state index in [1.807, 2.05) is 6.07 Å². The molecule has 124 valence electrons. The molecule has 0 saturated carbocycles. The Morgan fingerprint density at radius 3 is 2.80 bits per heavy atom. The summed E-state index contributed by atoms with van der Waals surface area (Å²) in [7, 11) is 0. The predicted molar refractivity (Wildman–Crippen MR) is 90.8 cm³/mol. The summed E-state index contributed by atoms with van der Waals surface area (Å²) in [6.45, 7) is 0. The van der Waals surface area contributed by atoms with Gasteiger partial charge in [0, 0.05) is 12.1 Å². The molecule has 3 aromatic rings. The van der Waals surface area contributed by atoms with Gasteiger partial charge in [-0.3, -0.25) is 14.6 Å². The lowest BCUT2D eigenvalue weighted by Crippen LogP contribution is -2.20. The summed E-state index contributed by atoms with van der Waals surface area (Å²) in [6.07, 6.45) is 2.14. The van der Waals surface area contributed by atoms with Crippen molar-refractivity contribution in [2.24, 2.45) is 0 Å². The molecule has 2 amide bonds. The molecule has 2 heterocycles. The predicted octanol–water partition coefficient (Wildman–Crippen LogP) is 2.91. The van der Waals surface area contributed by atoms with E-state index in [0.29, 0.717) is 35.1 Å². The summed E-state index contributed by atoms with van der Waals surface area (Å²) in [6, 6.07) is 9.91. The molecule has 0 atom stereocenters. The van der Waals surface area contributed by atoms with Crippen molar-refractivity contribution in [1.82, 2.24) is 9.97 Å². The quantitative estimate of drug-likeness (QED) is 0.754. The van der Waals surface area contributed by atoms with Crippen molar-refractivity contribution in [1.29, 1.82) is 0 Å². The molecular weight excluding hydrogens is 323 g/mol. The number of benzene rings is 2. The van der Waals surface area contributed by atoms with Crippen LogP contribution in [0.1, 0.15) is 22.5 Å². The first kappa shape index (κ1) is 15.2. The molecule has 0 aliphatic carbocycles. The van der Waals surface area contributed by atoms with Gasteiger partial charge in [-0.25, -0.2) is 9.37 Å². The highest BCUT2D eigenvalue weighted by atomic mass is 19.1. The monoisotopic (exact) mass is 336 g/mol. The molecule has 1 aromatic heterocycles. The van der Waals surface area contributed by atoms with Gasteiger partial charge in [0.2, 0.25) is 5.91 Å². The Hall–Kier alpha value is -3.35. The highest BCUT2D eigenvalue weighted by Crippen LogP contribution is 2.28. The number of aryl methyl sites for hydroxylation is 1. The van der Waals surface area contributed by atoms with E-state index in [1.165, 1.54) is 18.3 Å². The average molecular weight is 336 g/mol.